The van der Waals surface area contributed by atoms with Crippen molar-refractivity contribution in [2.75, 3.05) is 57.7 Å². The molecule has 6 nitrogen and oxygen atoms in total. The van der Waals surface area contributed by atoms with E-state index in [1.807, 2.05) is 0 Å². The lowest BCUT2D eigenvalue weighted by atomic mass is 10.1. The second kappa shape index (κ2) is 6.89. The molecule has 7 heteroatoms. The quantitative estimate of drug-likeness (QED) is 0.874. The molecule has 0 unspecified atom stereocenters. The molecule has 0 amide bonds. The molecule has 0 bridgehead atoms. The van der Waals surface area contributed by atoms with Crippen molar-refractivity contribution in [3.63, 3.8) is 0 Å². The fourth-order valence-corrected chi connectivity index (χ4v) is 4.65. The molecule has 1 aliphatic carbocycles. The number of thioether (sulfide) groups is 1. The number of piperazine rings is 1. The highest BCUT2D eigenvalue weighted by Gasteiger charge is 2.30. The zero-order chi connectivity index (χ0) is 18.3. The van der Waals surface area contributed by atoms with Gasteiger partial charge in [-0.2, -0.15) is 0 Å². The van der Waals surface area contributed by atoms with Crippen molar-refractivity contribution in [2.45, 2.75) is 11.3 Å². The fourth-order valence-electron chi connectivity index (χ4n) is 3.48. The first kappa shape index (κ1) is 17.3. The van der Waals surface area contributed by atoms with Gasteiger partial charge in [0.15, 0.2) is 5.78 Å². The van der Waals surface area contributed by atoms with Crippen molar-refractivity contribution in [1.82, 2.24) is 4.90 Å². The summed E-state index contributed by atoms with van der Waals surface area (Å²) in [5.41, 5.74) is 2.97. The van der Waals surface area contributed by atoms with Crippen molar-refractivity contribution in [3.8, 4) is 5.75 Å². The van der Waals surface area contributed by atoms with Crippen LogP contribution in [0.1, 0.15) is 6.42 Å². The standard InChI is InChI=1S/C19H23N3O3S/c1-21-4-6-22(7-5-21)12-8-14(24-2)18-16(9-12)26-17-11-13(23)10-15(25-3)19(17)20-18/h8-10,20H,4-7,11H2,1-3H3. The number of methoxy groups -OCH3 is 2. The van der Waals surface area contributed by atoms with Crippen molar-refractivity contribution in [3.05, 3.63) is 34.6 Å². The number of fused-ring (bicyclic) bond motifs is 1. The van der Waals surface area contributed by atoms with Gasteiger partial charge in [-0.1, -0.05) is 11.8 Å². The van der Waals surface area contributed by atoms with Crippen molar-refractivity contribution in [1.29, 1.82) is 0 Å². The van der Waals surface area contributed by atoms with E-state index >= 15 is 0 Å². The van der Waals surface area contributed by atoms with Crippen molar-refractivity contribution >= 4 is 28.9 Å². The minimum Gasteiger partial charge on any atom is -0.494 e. The molecular weight excluding hydrogens is 350 g/mol. The summed E-state index contributed by atoms with van der Waals surface area (Å²) in [5.74, 6) is 1.46. The third kappa shape index (κ3) is 3.05. The lowest BCUT2D eigenvalue weighted by molar-refractivity contribution is -0.114. The number of nitrogens with one attached hydrogen (secondary N) is 1. The number of rotatable bonds is 3. The Labute approximate surface area is 157 Å². The molecule has 26 heavy (non-hydrogen) atoms. The predicted molar refractivity (Wildman–Crippen MR) is 104 cm³/mol. The van der Waals surface area contributed by atoms with Crippen LogP contribution >= 0.6 is 11.8 Å². The summed E-state index contributed by atoms with van der Waals surface area (Å²) in [7, 11) is 5.43. The van der Waals surface area contributed by atoms with Crippen LogP contribution in [0.4, 0.5) is 11.4 Å². The Bertz CT molecular complexity index is 810. The number of carbonyl (C=O) groups is 1. The van der Waals surface area contributed by atoms with Crippen LogP contribution in [0.5, 0.6) is 5.75 Å². The van der Waals surface area contributed by atoms with Crippen LogP contribution in [-0.4, -0.2) is 58.1 Å². The molecule has 138 valence electrons. The van der Waals surface area contributed by atoms with E-state index in [0.717, 1.165) is 58.8 Å². The van der Waals surface area contributed by atoms with E-state index in [2.05, 4.69) is 34.3 Å². The lowest BCUT2D eigenvalue weighted by Gasteiger charge is -2.35. The van der Waals surface area contributed by atoms with Crippen LogP contribution in [0.2, 0.25) is 0 Å². The fraction of sp³-hybridized carbons (Fsp3) is 0.421. The first-order valence-corrected chi connectivity index (χ1v) is 9.53. The van der Waals surface area contributed by atoms with Gasteiger partial charge in [-0.3, -0.25) is 4.79 Å². The van der Waals surface area contributed by atoms with E-state index in [-0.39, 0.29) is 5.78 Å². The maximum absolute atomic E-state index is 12.0. The molecule has 4 rings (SSSR count). The van der Waals surface area contributed by atoms with Gasteiger partial charge in [-0.15, -0.1) is 0 Å². The monoisotopic (exact) mass is 373 g/mol. The van der Waals surface area contributed by atoms with E-state index in [4.69, 9.17) is 9.47 Å². The minimum absolute atomic E-state index is 0.0699. The van der Waals surface area contributed by atoms with Gasteiger partial charge in [0.05, 0.1) is 25.6 Å². The largest absolute Gasteiger partial charge is 0.494 e. The van der Waals surface area contributed by atoms with Gasteiger partial charge in [0.25, 0.3) is 0 Å². The number of anilines is 2. The SMILES string of the molecule is COC1=CC(=O)CC2=C1Nc1c(OC)cc(N3CCN(C)CC3)cc1S2. The molecule has 0 aromatic heterocycles. The Morgan fingerprint density at radius 2 is 1.88 bits per heavy atom. The molecule has 0 spiro atoms. The van der Waals surface area contributed by atoms with Crippen LogP contribution in [0, 0.1) is 0 Å². The van der Waals surface area contributed by atoms with Crippen molar-refractivity contribution in [2.24, 2.45) is 0 Å². The zero-order valence-electron chi connectivity index (χ0n) is 15.3. The molecule has 1 N–H and O–H groups in total. The maximum atomic E-state index is 12.0. The number of nitrogens with zero attached hydrogens (tertiary/aromatic N) is 2. The van der Waals surface area contributed by atoms with Gasteiger partial charge in [0.2, 0.25) is 0 Å². The smallest absolute Gasteiger partial charge is 0.164 e. The molecule has 0 saturated carbocycles. The molecule has 2 heterocycles. The Hall–Kier alpha value is -2.12. The summed E-state index contributed by atoms with van der Waals surface area (Å²) < 4.78 is 11.1. The molecule has 2 aliphatic heterocycles. The van der Waals surface area contributed by atoms with Gasteiger partial charge in [-0.05, 0) is 13.1 Å². The Kier molecular flexibility index (Phi) is 4.58. The highest BCUT2D eigenvalue weighted by atomic mass is 32.2. The number of hydrogen-bond acceptors (Lipinski definition) is 7. The van der Waals surface area contributed by atoms with E-state index < -0.39 is 0 Å². The highest BCUT2D eigenvalue weighted by molar-refractivity contribution is 8.03. The molecule has 3 aliphatic rings. The number of ketones is 1. The Morgan fingerprint density at radius 1 is 1.12 bits per heavy atom. The van der Waals surface area contributed by atoms with Crippen LogP contribution < -0.4 is 15.0 Å². The van der Waals surface area contributed by atoms with Gasteiger partial charge in [-0.25, -0.2) is 0 Å². The average molecular weight is 373 g/mol. The molecule has 1 saturated heterocycles. The van der Waals surface area contributed by atoms with Crippen LogP contribution in [-0.2, 0) is 9.53 Å². The van der Waals surface area contributed by atoms with Crippen LogP contribution in [0.3, 0.4) is 0 Å². The lowest BCUT2D eigenvalue weighted by Crippen LogP contribution is -2.44. The van der Waals surface area contributed by atoms with Crippen LogP contribution in [0.15, 0.2) is 39.5 Å². The number of allylic oxidation sites excluding steroid dienone is 2. The molecule has 1 aromatic carbocycles. The summed E-state index contributed by atoms with van der Waals surface area (Å²) in [4.78, 5) is 18.8. The molecule has 1 fully saturated rings. The summed E-state index contributed by atoms with van der Waals surface area (Å²) >= 11 is 1.63. The number of hydrogen-bond donors (Lipinski definition) is 1. The minimum atomic E-state index is 0.0699. The summed E-state index contributed by atoms with van der Waals surface area (Å²) in [6, 6.07) is 4.29. The van der Waals surface area contributed by atoms with Gasteiger partial charge >= 0.3 is 0 Å². The number of ether oxygens (including phenoxy) is 2. The highest BCUT2D eigenvalue weighted by Crippen LogP contribution is 2.49. The van der Waals surface area contributed by atoms with E-state index in [1.165, 1.54) is 0 Å². The third-order valence-electron chi connectivity index (χ3n) is 4.99. The number of carbonyl (C=O) groups excluding carboxylic acids is 1. The number of likely N-dealkylation sites (N-methyl/N-ethyl adjacent to an activating group) is 1. The zero-order valence-corrected chi connectivity index (χ0v) is 16.1. The van der Waals surface area contributed by atoms with E-state index in [0.29, 0.717) is 12.2 Å². The predicted octanol–water partition coefficient (Wildman–Crippen LogP) is 2.68. The molecular formula is C19H23N3O3S. The first-order valence-electron chi connectivity index (χ1n) is 8.71. The summed E-state index contributed by atoms with van der Waals surface area (Å²) in [5, 5.41) is 3.44. The first-order chi connectivity index (χ1) is 12.6. The second-order valence-electron chi connectivity index (χ2n) is 6.69. The maximum Gasteiger partial charge on any atom is 0.164 e. The van der Waals surface area contributed by atoms with E-state index in [1.54, 1.807) is 32.1 Å². The third-order valence-corrected chi connectivity index (χ3v) is 6.13. The normalized spacial score (nSPS) is 20.2. The second-order valence-corrected chi connectivity index (χ2v) is 7.83. The summed E-state index contributed by atoms with van der Waals surface area (Å²) in [6.45, 7) is 4.10. The number of benzene rings is 1. The molecule has 0 atom stereocenters. The van der Waals surface area contributed by atoms with Crippen LogP contribution in [0.25, 0.3) is 0 Å². The van der Waals surface area contributed by atoms with E-state index in [9.17, 15) is 4.79 Å². The van der Waals surface area contributed by atoms with Gasteiger partial charge < -0.3 is 24.6 Å². The molecule has 0 radical (unpaired) electrons. The summed E-state index contributed by atoms with van der Waals surface area (Å²) in [6.07, 6.45) is 1.96. The topological polar surface area (TPSA) is 54.0 Å². The average Bonchev–Trinajstić information content (AvgIpc) is 2.65. The Balaban J connectivity index is 1.69. The Morgan fingerprint density at radius 3 is 2.58 bits per heavy atom. The van der Waals surface area contributed by atoms with Gasteiger partial charge in [0, 0.05) is 60.2 Å². The van der Waals surface area contributed by atoms with Crippen molar-refractivity contribution < 1.29 is 14.3 Å². The van der Waals surface area contributed by atoms with Gasteiger partial charge in [0.1, 0.15) is 11.5 Å². The molecule has 1 aromatic rings.